The van der Waals surface area contributed by atoms with Gasteiger partial charge >= 0.3 is 5.97 Å². The van der Waals surface area contributed by atoms with E-state index >= 15 is 0 Å². The molecule has 0 aliphatic heterocycles. The molecule has 3 aromatic carbocycles. The monoisotopic (exact) mass is 388 g/mol. The summed E-state index contributed by atoms with van der Waals surface area (Å²) < 4.78 is 10.5. The van der Waals surface area contributed by atoms with Gasteiger partial charge in [-0.15, -0.1) is 0 Å². The van der Waals surface area contributed by atoms with Gasteiger partial charge in [-0.2, -0.15) is 0 Å². The second kappa shape index (κ2) is 7.67. The Kier molecular flexibility index (Phi) is 4.91. The fourth-order valence-corrected chi connectivity index (χ4v) is 3.13. The Hall–Kier alpha value is -3.80. The number of aromatic nitrogens is 1. The van der Waals surface area contributed by atoms with Crippen LogP contribution in [0.15, 0.2) is 66.7 Å². The van der Waals surface area contributed by atoms with Crippen molar-refractivity contribution < 1.29 is 19.1 Å². The number of hydrogen-bond donors (Lipinski definition) is 2. The van der Waals surface area contributed by atoms with Gasteiger partial charge in [0.2, 0.25) is 0 Å². The van der Waals surface area contributed by atoms with Gasteiger partial charge in [0.1, 0.15) is 11.4 Å². The van der Waals surface area contributed by atoms with Crippen molar-refractivity contribution in [2.45, 2.75) is 13.0 Å². The van der Waals surface area contributed by atoms with Crippen LogP contribution in [0.1, 0.15) is 17.4 Å². The van der Waals surface area contributed by atoms with Gasteiger partial charge < -0.3 is 19.8 Å². The number of H-pyrrole nitrogens is 1. The van der Waals surface area contributed by atoms with Crippen molar-refractivity contribution in [1.29, 1.82) is 0 Å². The highest BCUT2D eigenvalue weighted by atomic mass is 16.5. The van der Waals surface area contributed by atoms with Crippen LogP contribution in [-0.4, -0.2) is 30.1 Å². The lowest BCUT2D eigenvalue weighted by atomic mass is 10.1. The van der Waals surface area contributed by atoms with E-state index in [2.05, 4.69) is 10.3 Å². The van der Waals surface area contributed by atoms with Gasteiger partial charge in [0.15, 0.2) is 6.10 Å². The molecule has 0 spiro atoms. The van der Waals surface area contributed by atoms with Crippen molar-refractivity contribution in [3.8, 4) is 5.75 Å². The first kappa shape index (κ1) is 18.6. The first-order chi connectivity index (χ1) is 14.0. The van der Waals surface area contributed by atoms with Crippen LogP contribution in [-0.2, 0) is 9.53 Å². The predicted octanol–water partition coefficient (Wildman–Crippen LogP) is 4.51. The maximum Gasteiger partial charge on any atom is 0.355 e. The zero-order valence-corrected chi connectivity index (χ0v) is 16.1. The van der Waals surface area contributed by atoms with E-state index in [-0.39, 0.29) is 5.69 Å². The van der Waals surface area contributed by atoms with Crippen LogP contribution in [0.5, 0.6) is 5.75 Å². The van der Waals surface area contributed by atoms with Crippen LogP contribution in [0.4, 0.5) is 5.69 Å². The normalized spacial score (nSPS) is 11.9. The zero-order valence-electron chi connectivity index (χ0n) is 16.1. The minimum Gasteiger partial charge on any atom is -0.497 e. The number of benzene rings is 3. The van der Waals surface area contributed by atoms with Crippen molar-refractivity contribution in [3.05, 3.63) is 72.4 Å². The molecule has 4 rings (SSSR count). The summed E-state index contributed by atoms with van der Waals surface area (Å²) in [5, 5.41) is 5.74. The van der Waals surface area contributed by atoms with Crippen LogP contribution in [0, 0.1) is 0 Å². The molecule has 0 aliphatic carbocycles. The quantitative estimate of drug-likeness (QED) is 0.493. The fourth-order valence-electron chi connectivity index (χ4n) is 3.13. The second-order valence-electron chi connectivity index (χ2n) is 6.73. The number of carbonyl (C=O) groups excluding carboxylic acids is 2. The van der Waals surface area contributed by atoms with Gasteiger partial charge in [-0.05, 0) is 48.0 Å². The molecule has 1 aromatic heterocycles. The van der Waals surface area contributed by atoms with E-state index in [4.69, 9.17) is 9.47 Å². The van der Waals surface area contributed by atoms with Crippen LogP contribution in [0.3, 0.4) is 0 Å². The number of methoxy groups -OCH3 is 1. The molecule has 0 saturated carbocycles. The Morgan fingerprint density at radius 2 is 1.69 bits per heavy atom. The molecule has 1 heterocycles. The van der Waals surface area contributed by atoms with Crippen molar-refractivity contribution in [2.24, 2.45) is 0 Å². The summed E-state index contributed by atoms with van der Waals surface area (Å²) in [7, 11) is 1.58. The second-order valence-corrected chi connectivity index (χ2v) is 6.73. The van der Waals surface area contributed by atoms with Crippen LogP contribution in [0.25, 0.3) is 21.7 Å². The molecule has 6 nitrogen and oxygen atoms in total. The number of rotatable bonds is 5. The van der Waals surface area contributed by atoms with Crippen molar-refractivity contribution >= 4 is 39.2 Å². The molecule has 1 amide bonds. The molecule has 1 atom stereocenters. The molecule has 4 aromatic rings. The molecule has 0 fully saturated rings. The molecule has 146 valence electrons. The van der Waals surface area contributed by atoms with Gasteiger partial charge in [0.05, 0.1) is 7.11 Å². The van der Waals surface area contributed by atoms with E-state index in [0.29, 0.717) is 11.4 Å². The zero-order chi connectivity index (χ0) is 20.4. The molecule has 0 saturated heterocycles. The number of aromatic amines is 1. The van der Waals surface area contributed by atoms with E-state index in [1.165, 1.54) is 0 Å². The molecular weight excluding hydrogens is 368 g/mol. The van der Waals surface area contributed by atoms with E-state index in [1.54, 1.807) is 26.2 Å². The Balaban J connectivity index is 1.44. The van der Waals surface area contributed by atoms with Gasteiger partial charge in [-0.25, -0.2) is 4.79 Å². The standard InChI is InChI=1S/C23H20N2O4/c1-14(22(26)24-18-9-7-15-5-3-4-6-16(15)11-18)29-23(27)21-12-17-8-10-19(28-2)13-20(17)25-21/h3-14,25H,1-2H3,(H,24,26). The lowest BCUT2D eigenvalue weighted by Gasteiger charge is -2.13. The topological polar surface area (TPSA) is 80.4 Å². The minimum absolute atomic E-state index is 0.276. The maximum atomic E-state index is 12.5. The molecule has 0 bridgehead atoms. The SMILES string of the molecule is COc1ccc2cc(C(=O)OC(C)C(=O)Nc3ccc4ccccc4c3)[nH]c2c1. The number of hydrogen-bond acceptors (Lipinski definition) is 4. The lowest BCUT2D eigenvalue weighted by molar-refractivity contribution is -0.123. The number of esters is 1. The molecule has 0 aliphatic rings. The summed E-state index contributed by atoms with van der Waals surface area (Å²) >= 11 is 0. The van der Waals surface area contributed by atoms with Gasteiger partial charge in [-0.3, -0.25) is 4.79 Å². The maximum absolute atomic E-state index is 12.5. The highest BCUT2D eigenvalue weighted by molar-refractivity contribution is 6.00. The molecule has 29 heavy (non-hydrogen) atoms. The van der Waals surface area contributed by atoms with Gasteiger partial charge in [0, 0.05) is 22.7 Å². The highest BCUT2D eigenvalue weighted by Crippen LogP contribution is 2.22. The Morgan fingerprint density at radius 1 is 0.931 bits per heavy atom. The largest absolute Gasteiger partial charge is 0.497 e. The van der Waals surface area contributed by atoms with Crippen molar-refractivity contribution in [2.75, 3.05) is 12.4 Å². The van der Waals surface area contributed by atoms with Gasteiger partial charge in [-0.1, -0.05) is 30.3 Å². The third-order valence-electron chi connectivity index (χ3n) is 4.72. The number of ether oxygens (including phenoxy) is 2. The highest BCUT2D eigenvalue weighted by Gasteiger charge is 2.20. The van der Waals surface area contributed by atoms with E-state index in [0.717, 1.165) is 21.7 Å². The molecular formula is C23H20N2O4. The van der Waals surface area contributed by atoms with Crippen molar-refractivity contribution in [1.82, 2.24) is 4.98 Å². The number of nitrogens with one attached hydrogen (secondary N) is 2. The van der Waals surface area contributed by atoms with E-state index in [9.17, 15) is 9.59 Å². The summed E-state index contributed by atoms with van der Waals surface area (Å²) in [6.07, 6.45) is -0.949. The third kappa shape index (κ3) is 3.91. The smallest absolute Gasteiger partial charge is 0.355 e. The average molecular weight is 388 g/mol. The summed E-state index contributed by atoms with van der Waals surface area (Å²) in [4.78, 5) is 27.9. The number of anilines is 1. The summed E-state index contributed by atoms with van der Waals surface area (Å²) in [6.45, 7) is 1.54. The minimum atomic E-state index is -0.949. The number of amides is 1. The molecule has 1 unspecified atom stereocenters. The van der Waals surface area contributed by atoms with Crippen LogP contribution >= 0.6 is 0 Å². The summed E-state index contributed by atoms with van der Waals surface area (Å²) in [6, 6.07) is 20.6. The number of carbonyl (C=O) groups is 2. The molecule has 2 N–H and O–H groups in total. The predicted molar refractivity (Wildman–Crippen MR) is 112 cm³/mol. The first-order valence-electron chi connectivity index (χ1n) is 9.21. The summed E-state index contributed by atoms with van der Waals surface area (Å²) in [5.41, 5.74) is 1.68. The molecule has 0 radical (unpaired) electrons. The first-order valence-corrected chi connectivity index (χ1v) is 9.21. The van der Waals surface area contributed by atoms with E-state index < -0.39 is 18.0 Å². The average Bonchev–Trinajstić information content (AvgIpc) is 3.17. The Labute approximate surface area is 167 Å². The van der Waals surface area contributed by atoms with E-state index in [1.807, 2.05) is 54.6 Å². The van der Waals surface area contributed by atoms with Crippen molar-refractivity contribution in [3.63, 3.8) is 0 Å². The Bertz CT molecular complexity index is 1210. The van der Waals surface area contributed by atoms with Crippen LogP contribution in [0.2, 0.25) is 0 Å². The third-order valence-corrected chi connectivity index (χ3v) is 4.72. The number of fused-ring (bicyclic) bond motifs is 2. The fraction of sp³-hybridized carbons (Fsp3) is 0.130. The van der Waals surface area contributed by atoms with Crippen LogP contribution < -0.4 is 10.1 Å². The lowest BCUT2D eigenvalue weighted by Crippen LogP contribution is -2.30. The Morgan fingerprint density at radius 3 is 2.48 bits per heavy atom. The van der Waals surface area contributed by atoms with Gasteiger partial charge in [0.25, 0.3) is 5.91 Å². The summed E-state index contributed by atoms with van der Waals surface area (Å²) in [5.74, 6) is -0.310. The molecule has 6 heteroatoms.